The van der Waals surface area contributed by atoms with Crippen LogP contribution in [0.5, 0.6) is 0 Å². The van der Waals surface area contributed by atoms with Crippen LogP contribution in [0.2, 0.25) is 0 Å². The average Bonchev–Trinajstić information content (AvgIpc) is 2.83. The SMILES string of the molecule is CO/N=C(\C)c1c2c(nn1C)N(c1c(C)cc(C)cc1C)CCC2. The molecule has 0 atom stereocenters. The molecule has 1 aromatic carbocycles. The van der Waals surface area contributed by atoms with Gasteiger partial charge in [-0.1, -0.05) is 22.9 Å². The van der Waals surface area contributed by atoms with E-state index in [2.05, 4.69) is 43.0 Å². The van der Waals surface area contributed by atoms with Crippen LogP contribution >= 0.6 is 0 Å². The van der Waals surface area contributed by atoms with E-state index in [-0.39, 0.29) is 0 Å². The smallest absolute Gasteiger partial charge is 0.158 e. The molecule has 0 bridgehead atoms. The van der Waals surface area contributed by atoms with Gasteiger partial charge in [0.05, 0.1) is 5.69 Å². The van der Waals surface area contributed by atoms with Gasteiger partial charge in [0.2, 0.25) is 0 Å². The first-order valence-electron chi connectivity index (χ1n) is 8.43. The van der Waals surface area contributed by atoms with E-state index in [4.69, 9.17) is 9.94 Å². The molecule has 0 spiro atoms. The van der Waals surface area contributed by atoms with E-state index < -0.39 is 0 Å². The molecule has 0 unspecified atom stereocenters. The lowest BCUT2D eigenvalue weighted by Gasteiger charge is -2.30. The lowest BCUT2D eigenvalue weighted by atomic mass is 9.99. The van der Waals surface area contributed by atoms with E-state index in [1.54, 1.807) is 7.11 Å². The predicted octanol–water partition coefficient (Wildman–Crippen LogP) is 3.80. The van der Waals surface area contributed by atoms with E-state index in [1.165, 1.54) is 27.9 Å². The lowest BCUT2D eigenvalue weighted by Crippen LogP contribution is -2.26. The van der Waals surface area contributed by atoms with Gasteiger partial charge in [-0.25, -0.2) is 0 Å². The van der Waals surface area contributed by atoms with Gasteiger partial charge in [0, 0.05) is 24.8 Å². The van der Waals surface area contributed by atoms with E-state index in [1.807, 2.05) is 18.7 Å². The standard InChI is InChI=1S/C19H26N4O/c1-12-10-13(2)17(14(3)11-12)23-9-7-8-16-18(15(4)21-24-6)22(5)20-19(16)23/h10-11H,7-9H2,1-6H3/b21-15+. The number of benzene rings is 1. The zero-order valence-corrected chi connectivity index (χ0v) is 15.5. The minimum Gasteiger partial charge on any atom is -0.399 e. The molecule has 0 radical (unpaired) electrons. The van der Waals surface area contributed by atoms with E-state index in [9.17, 15) is 0 Å². The molecule has 128 valence electrons. The molecule has 1 aromatic heterocycles. The van der Waals surface area contributed by atoms with Crippen LogP contribution in [0, 0.1) is 20.8 Å². The van der Waals surface area contributed by atoms with E-state index in [0.29, 0.717) is 0 Å². The highest BCUT2D eigenvalue weighted by Gasteiger charge is 2.28. The van der Waals surface area contributed by atoms with Crippen molar-refractivity contribution >= 4 is 17.2 Å². The van der Waals surface area contributed by atoms with Crippen LogP contribution in [0.3, 0.4) is 0 Å². The van der Waals surface area contributed by atoms with Crippen molar-refractivity contribution in [3.05, 3.63) is 40.1 Å². The molecule has 5 nitrogen and oxygen atoms in total. The van der Waals surface area contributed by atoms with Crippen LogP contribution in [0.4, 0.5) is 11.5 Å². The Hall–Kier alpha value is -2.30. The Labute approximate surface area is 143 Å². The summed E-state index contributed by atoms with van der Waals surface area (Å²) in [6, 6.07) is 4.50. The van der Waals surface area contributed by atoms with Gasteiger partial charge in [0.25, 0.3) is 0 Å². The van der Waals surface area contributed by atoms with Crippen molar-refractivity contribution in [2.24, 2.45) is 12.2 Å². The minimum absolute atomic E-state index is 0.868. The first-order chi connectivity index (χ1) is 11.4. The quantitative estimate of drug-likeness (QED) is 0.636. The number of nitrogens with zero attached hydrogens (tertiary/aromatic N) is 4. The van der Waals surface area contributed by atoms with Crippen LogP contribution in [-0.2, 0) is 18.3 Å². The summed E-state index contributed by atoms with van der Waals surface area (Å²) >= 11 is 0. The van der Waals surface area contributed by atoms with Crippen molar-refractivity contribution in [2.45, 2.75) is 40.5 Å². The van der Waals surface area contributed by atoms with Gasteiger partial charge in [-0.05, 0) is 51.7 Å². The molecule has 0 saturated carbocycles. The number of fused-ring (bicyclic) bond motifs is 1. The first-order valence-corrected chi connectivity index (χ1v) is 8.43. The van der Waals surface area contributed by atoms with Crippen LogP contribution in [0.25, 0.3) is 0 Å². The molecular weight excluding hydrogens is 300 g/mol. The fourth-order valence-corrected chi connectivity index (χ4v) is 3.97. The van der Waals surface area contributed by atoms with Crippen molar-refractivity contribution in [1.29, 1.82) is 0 Å². The van der Waals surface area contributed by atoms with Crippen molar-refractivity contribution in [3.8, 4) is 0 Å². The second kappa shape index (κ2) is 6.30. The van der Waals surface area contributed by atoms with E-state index in [0.717, 1.165) is 36.6 Å². The molecule has 0 aliphatic carbocycles. The molecule has 5 heteroatoms. The van der Waals surface area contributed by atoms with Gasteiger partial charge in [0.15, 0.2) is 5.82 Å². The molecule has 0 saturated heterocycles. The Morgan fingerprint density at radius 3 is 2.50 bits per heavy atom. The van der Waals surface area contributed by atoms with Gasteiger partial charge < -0.3 is 9.74 Å². The lowest BCUT2D eigenvalue weighted by molar-refractivity contribution is 0.213. The first kappa shape index (κ1) is 16.6. The Morgan fingerprint density at radius 1 is 1.21 bits per heavy atom. The second-order valence-electron chi connectivity index (χ2n) is 6.64. The maximum Gasteiger partial charge on any atom is 0.158 e. The Kier molecular flexibility index (Phi) is 4.35. The maximum atomic E-state index is 4.97. The van der Waals surface area contributed by atoms with E-state index >= 15 is 0 Å². The summed E-state index contributed by atoms with van der Waals surface area (Å²) in [5.74, 6) is 1.06. The highest BCUT2D eigenvalue weighted by molar-refractivity contribution is 5.99. The maximum absolute atomic E-state index is 4.97. The number of aromatic nitrogens is 2. The molecule has 2 aromatic rings. The van der Waals surface area contributed by atoms with Gasteiger partial charge >= 0.3 is 0 Å². The molecular formula is C19H26N4O. The highest BCUT2D eigenvalue weighted by atomic mass is 16.6. The van der Waals surface area contributed by atoms with Gasteiger partial charge in [-0.2, -0.15) is 5.10 Å². The third-order valence-corrected chi connectivity index (χ3v) is 4.66. The Bertz CT molecular complexity index is 781. The summed E-state index contributed by atoms with van der Waals surface area (Å²) < 4.78 is 1.93. The predicted molar refractivity (Wildman–Crippen MR) is 98.4 cm³/mol. The fraction of sp³-hybridized carbons (Fsp3) is 0.474. The topological polar surface area (TPSA) is 42.7 Å². The molecule has 1 aliphatic heterocycles. The van der Waals surface area contributed by atoms with Crippen LogP contribution in [0.15, 0.2) is 17.3 Å². The van der Waals surface area contributed by atoms with Crippen molar-refractivity contribution in [1.82, 2.24) is 9.78 Å². The number of oxime groups is 1. The highest BCUT2D eigenvalue weighted by Crippen LogP contribution is 2.38. The number of aryl methyl sites for hydroxylation is 4. The molecule has 1 aliphatic rings. The Morgan fingerprint density at radius 2 is 1.88 bits per heavy atom. The Balaban J connectivity index is 2.15. The zero-order chi connectivity index (χ0) is 17.4. The van der Waals surface area contributed by atoms with Gasteiger partial charge in [-0.15, -0.1) is 0 Å². The summed E-state index contributed by atoms with van der Waals surface area (Å²) in [4.78, 5) is 7.34. The van der Waals surface area contributed by atoms with Crippen molar-refractivity contribution in [2.75, 3.05) is 18.6 Å². The van der Waals surface area contributed by atoms with Gasteiger partial charge in [-0.3, -0.25) is 4.68 Å². The summed E-state index contributed by atoms with van der Waals surface area (Å²) in [7, 11) is 3.56. The summed E-state index contributed by atoms with van der Waals surface area (Å²) in [6.07, 6.45) is 2.13. The fourth-order valence-electron chi connectivity index (χ4n) is 3.97. The second-order valence-corrected chi connectivity index (χ2v) is 6.64. The average molecular weight is 326 g/mol. The molecule has 3 rings (SSSR count). The summed E-state index contributed by atoms with van der Waals surface area (Å²) in [5.41, 5.74) is 8.39. The van der Waals surface area contributed by atoms with Crippen molar-refractivity contribution in [3.63, 3.8) is 0 Å². The monoisotopic (exact) mass is 326 g/mol. The number of anilines is 2. The minimum atomic E-state index is 0.868. The number of hydrogen-bond acceptors (Lipinski definition) is 4. The molecule has 0 fully saturated rings. The molecule has 2 heterocycles. The molecule has 0 N–H and O–H groups in total. The van der Waals surface area contributed by atoms with Crippen LogP contribution in [-0.4, -0.2) is 29.1 Å². The number of hydrogen-bond donors (Lipinski definition) is 0. The molecule has 0 amide bonds. The zero-order valence-electron chi connectivity index (χ0n) is 15.5. The van der Waals surface area contributed by atoms with Gasteiger partial charge in [0.1, 0.15) is 12.8 Å². The van der Waals surface area contributed by atoms with Crippen molar-refractivity contribution < 1.29 is 4.84 Å². The normalized spacial score (nSPS) is 14.8. The molecule has 24 heavy (non-hydrogen) atoms. The van der Waals surface area contributed by atoms with Crippen LogP contribution in [0.1, 0.15) is 41.3 Å². The number of rotatable bonds is 3. The summed E-state index contributed by atoms with van der Waals surface area (Å²) in [5, 5.41) is 8.94. The summed E-state index contributed by atoms with van der Waals surface area (Å²) in [6.45, 7) is 9.49. The third kappa shape index (κ3) is 2.68. The third-order valence-electron chi connectivity index (χ3n) is 4.66. The van der Waals surface area contributed by atoms with Crippen LogP contribution < -0.4 is 4.90 Å². The largest absolute Gasteiger partial charge is 0.399 e.